The molecule has 1 N–H and O–H groups in total. The molecule has 2 atom stereocenters. The van der Waals surface area contributed by atoms with Crippen molar-refractivity contribution < 1.29 is 14.7 Å². The minimum absolute atomic E-state index is 0.255. The van der Waals surface area contributed by atoms with Gasteiger partial charge >= 0.3 is 6.09 Å². The summed E-state index contributed by atoms with van der Waals surface area (Å²) in [5.74, 6) is 0.971. The van der Waals surface area contributed by atoms with Gasteiger partial charge in [0.2, 0.25) is 5.91 Å². The van der Waals surface area contributed by atoms with E-state index >= 15 is 0 Å². The number of carbonyl (C=O) groups is 2. The van der Waals surface area contributed by atoms with Crippen LogP contribution in [0.15, 0.2) is 0 Å². The van der Waals surface area contributed by atoms with E-state index in [1.54, 1.807) is 0 Å². The molecular weight excluding hydrogens is 294 g/mol. The van der Waals surface area contributed by atoms with Gasteiger partial charge in [-0.15, -0.1) is 0 Å². The molecule has 3 fully saturated rings. The molecule has 1 aliphatic carbocycles. The van der Waals surface area contributed by atoms with Gasteiger partial charge in [-0.05, 0) is 38.0 Å². The summed E-state index contributed by atoms with van der Waals surface area (Å²) in [6.07, 6.45) is 7.41. The molecule has 6 nitrogen and oxygen atoms in total. The van der Waals surface area contributed by atoms with Crippen molar-refractivity contribution in [2.24, 2.45) is 5.92 Å². The van der Waals surface area contributed by atoms with Crippen LogP contribution in [-0.4, -0.2) is 77.1 Å². The normalized spacial score (nSPS) is 29.7. The van der Waals surface area contributed by atoms with Crippen molar-refractivity contribution in [3.05, 3.63) is 0 Å². The number of rotatable bonds is 2. The van der Waals surface area contributed by atoms with Crippen LogP contribution in [0, 0.1) is 5.92 Å². The summed E-state index contributed by atoms with van der Waals surface area (Å²) < 4.78 is 0. The molecule has 0 aromatic rings. The van der Waals surface area contributed by atoms with E-state index in [2.05, 4.69) is 9.80 Å². The number of amides is 2. The van der Waals surface area contributed by atoms with Crippen LogP contribution in [0.5, 0.6) is 0 Å². The van der Waals surface area contributed by atoms with Crippen molar-refractivity contribution >= 4 is 12.0 Å². The zero-order valence-corrected chi connectivity index (χ0v) is 14.0. The lowest BCUT2D eigenvalue weighted by molar-refractivity contribution is -0.138. The maximum absolute atomic E-state index is 12.8. The highest BCUT2D eigenvalue weighted by molar-refractivity contribution is 5.78. The Labute approximate surface area is 138 Å². The lowest BCUT2D eigenvalue weighted by Crippen LogP contribution is -2.52. The Morgan fingerprint density at radius 3 is 2.48 bits per heavy atom. The van der Waals surface area contributed by atoms with Crippen molar-refractivity contribution in [3.63, 3.8) is 0 Å². The molecule has 130 valence electrons. The average molecular weight is 323 g/mol. The second-order valence-corrected chi connectivity index (χ2v) is 7.24. The Kier molecular flexibility index (Phi) is 5.41. The monoisotopic (exact) mass is 323 g/mol. The summed E-state index contributed by atoms with van der Waals surface area (Å²) in [6.45, 7) is 3.94. The van der Waals surface area contributed by atoms with Crippen molar-refractivity contribution in [3.8, 4) is 0 Å². The number of fused-ring (bicyclic) bond motifs is 1. The van der Waals surface area contributed by atoms with Gasteiger partial charge in [-0.1, -0.05) is 12.8 Å². The van der Waals surface area contributed by atoms with Crippen molar-refractivity contribution in [2.75, 3.05) is 39.3 Å². The summed E-state index contributed by atoms with van der Waals surface area (Å²) in [7, 11) is 0. The van der Waals surface area contributed by atoms with E-state index in [-0.39, 0.29) is 5.91 Å². The number of nitrogens with zero attached hydrogens (tertiary/aromatic N) is 3. The molecule has 0 aromatic heterocycles. The summed E-state index contributed by atoms with van der Waals surface area (Å²) in [4.78, 5) is 29.6. The zero-order valence-electron chi connectivity index (χ0n) is 14.0. The first-order chi connectivity index (χ1) is 11.1. The van der Waals surface area contributed by atoms with Crippen LogP contribution in [0.1, 0.15) is 44.9 Å². The van der Waals surface area contributed by atoms with Crippen LogP contribution in [-0.2, 0) is 4.79 Å². The molecule has 2 amide bonds. The second kappa shape index (κ2) is 7.51. The Hall–Kier alpha value is -1.30. The highest BCUT2D eigenvalue weighted by Crippen LogP contribution is 2.35. The van der Waals surface area contributed by atoms with E-state index in [4.69, 9.17) is 5.11 Å². The molecule has 6 heteroatoms. The lowest BCUT2D eigenvalue weighted by Gasteiger charge is -2.44. The van der Waals surface area contributed by atoms with Crippen LogP contribution >= 0.6 is 0 Å². The number of likely N-dealkylation sites (tertiary alicyclic amines) is 1. The molecule has 2 unspecified atom stereocenters. The summed E-state index contributed by atoms with van der Waals surface area (Å²) in [5, 5.41) is 9.10. The Balaban J connectivity index is 1.54. The van der Waals surface area contributed by atoms with Crippen LogP contribution in [0.25, 0.3) is 0 Å². The predicted molar refractivity (Wildman–Crippen MR) is 87.3 cm³/mol. The van der Waals surface area contributed by atoms with Gasteiger partial charge in [0.1, 0.15) is 0 Å². The predicted octanol–water partition coefficient (Wildman–Crippen LogP) is 1.85. The lowest BCUT2D eigenvalue weighted by atomic mass is 9.78. The third-order valence-corrected chi connectivity index (χ3v) is 5.78. The largest absolute Gasteiger partial charge is 0.465 e. The summed E-state index contributed by atoms with van der Waals surface area (Å²) in [6, 6.07) is 0.465. The van der Waals surface area contributed by atoms with Gasteiger partial charge in [-0.2, -0.15) is 0 Å². The Bertz CT molecular complexity index is 441. The summed E-state index contributed by atoms with van der Waals surface area (Å²) >= 11 is 0. The SMILES string of the molecule is O=C(O)N1CCCN(CC(=O)N2CCCC3CCCCC32)CC1. The molecule has 1 saturated carbocycles. The number of carbonyl (C=O) groups excluding carboxylic acids is 1. The van der Waals surface area contributed by atoms with Gasteiger partial charge < -0.3 is 14.9 Å². The van der Waals surface area contributed by atoms with Crippen LogP contribution in [0.3, 0.4) is 0 Å². The quantitative estimate of drug-likeness (QED) is 0.842. The zero-order chi connectivity index (χ0) is 16.2. The molecule has 0 aromatic carbocycles. The highest BCUT2D eigenvalue weighted by Gasteiger charge is 2.36. The number of piperidine rings is 1. The van der Waals surface area contributed by atoms with E-state index in [1.807, 2.05) is 0 Å². The van der Waals surface area contributed by atoms with Gasteiger partial charge in [-0.25, -0.2) is 4.79 Å². The van der Waals surface area contributed by atoms with Gasteiger partial charge in [-0.3, -0.25) is 9.69 Å². The fourth-order valence-corrected chi connectivity index (χ4v) is 4.54. The van der Waals surface area contributed by atoms with E-state index in [0.717, 1.165) is 25.9 Å². The topological polar surface area (TPSA) is 64.1 Å². The fourth-order valence-electron chi connectivity index (χ4n) is 4.54. The average Bonchev–Trinajstić information content (AvgIpc) is 2.80. The van der Waals surface area contributed by atoms with Crippen molar-refractivity contribution in [2.45, 2.75) is 51.0 Å². The van der Waals surface area contributed by atoms with E-state index < -0.39 is 6.09 Å². The highest BCUT2D eigenvalue weighted by atomic mass is 16.4. The van der Waals surface area contributed by atoms with E-state index in [9.17, 15) is 9.59 Å². The Morgan fingerprint density at radius 1 is 0.870 bits per heavy atom. The molecule has 3 aliphatic rings. The molecule has 0 spiro atoms. The molecule has 2 heterocycles. The second-order valence-electron chi connectivity index (χ2n) is 7.24. The molecular formula is C17H29N3O3. The molecule has 3 rings (SSSR count). The smallest absolute Gasteiger partial charge is 0.407 e. The third-order valence-electron chi connectivity index (χ3n) is 5.78. The first kappa shape index (κ1) is 16.6. The molecule has 2 aliphatic heterocycles. The first-order valence-electron chi connectivity index (χ1n) is 9.15. The molecule has 0 bridgehead atoms. The number of hydrogen-bond acceptors (Lipinski definition) is 3. The molecule has 0 radical (unpaired) electrons. The van der Waals surface area contributed by atoms with E-state index in [1.165, 1.54) is 37.0 Å². The number of hydrogen-bond donors (Lipinski definition) is 1. The standard InChI is InChI=1S/C17H29N3O3/c21-16(13-18-8-4-9-19(12-11-18)17(22)23)20-10-3-6-14-5-1-2-7-15(14)20/h14-15H,1-13H2,(H,22,23). The minimum Gasteiger partial charge on any atom is -0.465 e. The van der Waals surface area contributed by atoms with Crippen molar-refractivity contribution in [1.29, 1.82) is 0 Å². The van der Waals surface area contributed by atoms with Gasteiger partial charge in [0.15, 0.2) is 0 Å². The van der Waals surface area contributed by atoms with E-state index in [0.29, 0.717) is 38.1 Å². The third kappa shape index (κ3) is 3.97. The fraction of sp³-hybridized carbons (Fsp3) is 0.882. The molecule has 2 saturated heterocycles. The van der Waals surface area contributed by atoms with Crippen LogP contribution in [0.2, 0.25) is 0 Å². The molecule has 23 heavy (non-hydrogen) atoms. The minimum atomic E-state index is -0.848. The van der Waals surface area contributed by atoms with Gasteiger partial charge in [0.25, 0.3) is 0 Å². The summed E-state index contributed by atoms with van der Waals surface area (Å²) in [5.41, 5.74) is 0. The van der Waals surface area contributed by atoms with Crippen molar-refractivity contribution in [1.82, 2.24) is 14.7 Å². The van der Waals surface area contributed by atoms with Gasteiger partial charge in [0.05, 0.1) is 6.54 Å². The number of carboxylic acid groups (broad SMARTS) is 1. The first-order valence-corrected chi connectivity index (χ1v) is 9.15. The van der Waals surface area contributed by atoms with Crippen LogP contribution < -0.4 is 0 Å². The maximum atomic E-state index is 12.8. The maximum Gasteiger partial charge on any atom is 0.407 e. The Morgan fingerprint density at radius 2 is 1.65 bits per heavy atom. The van der Waals surface area contributed by atoms with Gasteiger partial charge in [0, 0.05) is 38.8 Å². The van der Waals surface area contributed by atoms with Crippen LogP contribution in [0.4, 0.5) is 4.79 Å².